The summed E-state index contributed by atoms with van der Waals surface area (Å²) in [6, 6.07) is 10.5. The predicted molar refractivity (Wildman–Crippen MR) is 102 cm³/mol. The van der Waals surface area contributed by atoms with Gasteiger partial charge in [0, 0.05) is 18.2 Å². The van der Waals surface area contributed by atoms with E-state index in [-0.39, 0.29) is 12.4 Å². The Morgan fingerprint density at radius 1 is 1.31 bits per heavy atom. The van der Waals surface area contributed by atoms with E-state index in [4.69, 9.17) is 4.74 Å². The van der Waals surface area contributed by atoms with E-state index in [0.29, 0.717) is 11.8 Å². The SMILES string of the molecule is CCCN1CCc2cc(OC[C@@H](C)F)c(O)c3c2C1Cc1ccccc1-3. The van der Waals surface area contributed by atoms with Crippen molar-refractivity contribution in [2.45, 2.75) is 45.3 Å². The topological polar surface area (TPSA) is 32.7 Å². The fraction of sp³-hybridized carbons (Fsp3) is 0.455. The molecule has 2 atom stereocenters. The van der Waals surface area contributed by atoms with Crippen LogP contribution in [0.5, 0.6) is 11.5 Å². The molecule has 0 saturated carbocycles. The molecule has 26 heavy (non-hydrogen) atoms. The number of ether oxygens (including phenoxy) is 1. The zero-order chi connectivity index (χ0) is 18.3. The van der Waals surface area contributed by atoms with E-state index < -0.39 is 6.17 Å². The molecule has 0 amide bonds. The zero-order valence-electron chi connectivity index (χ0n) is 15.5. The number of aromatic hydroxyl groups is 1. The summed E-state index contributed by atoms with van der Waals surface area (Å²) in [6.07, 6.45) is 1.95. The van der Waals surface area contributed by atoms with Crippen LogP contribution in [0.4, 0.5) is 4.39 Å². The standard InChI is InChI=1S/C22H26FNO2/c1-3-9-24-10-8-16-12-19(26-13-14(2)23)22(25)21-17-7-5-4-6-15(17)11-18(24)20(16)21/h4-7,12,14,18,25H,3,8-11,13H2,1-2H3/t14-,18?/m1/s1. The largest absolute Gasteiger partial charge is 0.504 e. The number of fused-ring (bicyclic) bond motifs is 2. The molecule has 4 heteroatoms. The monoisotopic (exact) mass is 355 g/mol. The smallest absolute Gasteiger partial charge is 0.166 e. The van der Waals surface area contributed by atoms with Crippen molar-refractivity contribution in [2.75, 3.05) is 19.7 Å². The van der Waals surface area contributed by atoms with Crippen LogP contribution in [-0.2, 0) is 12.8 Å². The summed E-state index contributed by atoms with van der Waals surface area (Å²) in [5.41, 5.74) is 5.68. The van der Waals surface area contributed by atoms with E-state index in [1.807, 2.05) is 12.1 Å². The fourth-order valence-electron chi connectivity index (χ4n) is 4.43. The Labute approximate surface area is 154 Å². The highest BCUT2D eigenvalue weighted by atomic mass is 19.1. The van der Waals surface area contributed by atoms with Gasteiger partial charge in [0.25, 0.3) is 0 Å². The van der Waals surface area contributed by atoms with Gasteiger partial charge in [0.05, 0.1) is 0 Å². The maximum atomic E-state index is 13.3. The molecular formula is C22H26FNO2. The van der Waals surface area contributed by atoms with Gasteiger partial charge in [-0.2, -0.15) is 0 Å². The van der Waals surface area contributed by atoms with Crippen molar-refractivity contribution in [2.24, 2.45) is 0 Å². The lowest BCUT2D eigenvalue weighted by molar-refractivity contribution is 0.180. The molecular weight excluding hydrogens is 329 g/mol. The first kappa shape index (κ1) is 17.3. The predicted octanol–water partition coefficient (Wildman–Crippen LogP) is 4.66. The van der Waals surface area contributed by atoms with Crippen molar-refractivity contribution in [3.8, 4) is 22.6 Å². The highest BCUT2D eigenvalue weighted by Crippen LogP contribution is 2.52. The number of rotatable bonds is 5. The van der Waals surface area contributed by atoms with Crippen LogP contribution in [0, 0.1) is 0 Å². The highest BCUT2D eigenvalue weighted by molar-refractivity contribution is 5.83. The van der Waals surface area contributed by atoms with E-state index in [9.17, 15) is 9.50 Å². The third-order valence-electron chi connectivity index (χ3n) is 5.51. The van der Waals surface area contributed by atoms with Gasteiger partial charge in [0.15, 0.2) is 11.5 Å². The number of nitrogens with zero attached hydrogens (tertiary/aromatic N) is 1. The molecule has 1 heterocycles. The summed E-state index contributed by atoms with van der Waals surface area (Å²) in [5.74, 6) is 0.558. The van der Waals surface area contributed by atoms with E-state index in [0.717, 1.165) is 43.5 Å². The molecule has 2 aromatic rings. The molecule has 1 unspecified atom stereocenters. The molecule has 0 spiro atoms. The summed E-state index contributed by atoms with van der Waals surface area (Å²) in [5, 5.41) is 11.0. The first-order chi connectivity index (χ1) is 12.6. The molecule has 1 aliphatic carbocycles. The molecule has 4 rings (SSSR count). The van der Waals surface area contributed by atoms with Crippen molar-refractivity contribution in [1.29, 1.82) is 0 Å². The summed E-state index contributed by atoms with van der Waals surface area (Å²) < 4.78 is 18.9. The van der Waals surface area contributed by atoms with Crippen molar-refractivity contribution < 1.29 is 14.2 Å². The number of benzene rings is 2. The van der Waals surface area contributed by atoms with E-state index in [2.05, 4.69) is 30.0 Å². The van der Waals surface area contributed by atoms with Gasteiger partial charge in [-0.3, -0.25) is 4.90 Å². The van der Waals surface area contributed by atoms with E-state index in [1.165, 1.54) is 23.6 Å². The number of halogens is 1. The zero-order valence-corrected chi connectivity index (χ0v) is 15.5. The van der Waals surface area contributed by atoms with Gasteiger partial charge in [0.1, 0.15) is 12.8 Å². The minimum absolute atomic E-state index is 0.0428. The molecule has 2 aliphatic rings. The van der Waals surface area contributed by atoms with Gasteiger partial charge in [-0.15, -0.1) is 0 Å². The Balaban J connectivity index is 1.88. The van der Waals surface area contributed by atoms with Crippen LogP contribution >= 0.6 is 0 Å². The van der Waals surface area contributed by atoms with Crippen LogP contribution < -0.4 is 4.74 Å². The third-order valence-corrected chi connectivity index (χ3v) is 5.51. The highest BCUT2D eigenvalue weighted by Gasteiger charge is 2.36. The molecule has 0 bridgehead atoms. The Bertz CT molecular complexity index is 818. The second kappa shape index (κ2) is 6.92. The minimum atomic E-state index is -1.07. The van der Waals surface area contributed by atoms with Crippen LogP contribution in [0.3, 0.4) is 0 Å². The second-order valence-corrected chi connectivity index (χ2v) is 7.43. The molecule has 1 aliphatic heterocycles. The third kappa shape index (κ3) is 2.86. The van der Waals surface area contributed by atoms with Gasteiger partial charge in [0.2, 0.25) is 0 Å². The van der Waals surface area contributed by atoms with Crippen LogP contribution in [0.15, 0.2) is 30.3 Å². The lowest BCUT2D eigenvalue weighted by atomic mass is 9.76. The van der Waals surface area contributed by atoms with E-state index >= 15 is 0 Å². The van der Waals surface area contributed by atoms with E-state index in [1.54, 1.807) is 0 Å². The lowest BCUT2D eigenvalue weighted by Gasteiger charge is -2.42. The van der Waals surface area contributed by atoms with Gasteiger partial charge < -0.3 is 9.84 Å². The first-order valence-electron chi connectivity index (χ1n) is 9.58. The number of phenolic OH excluding ortho intramolecular Hbond substituents is 1. The maximum Gasteiger partial charge on any atom is 0.166 e. The van der Waals surface area contributed by atoms with Crippen LogP contribution in [0.1, 0.15) is 43.0 Å². The molecule has 0 fully saturated rings. The van der Waals surface area contributed by atoms with Crippen molar-refractivity contribution in [1.82, 2.24) is 4.90 Å². The molecule has 0 aromatic heterocycles. The van der Waals surface area contributed by atoms with Crippen molar-refractivity contribution in [3.63, 3.8) is 0 Å². The maximum absolute atomic E-state index is 13.3. The Morgan fingerprint density at radius 3 is 2.88 bits per heavy atom. The van der Waals surface area contributed by atoms with Gasteiger partial charge in [-0.25, -0.2) is 4.39 Å². The molecule has 3 nitrogen and oxygen atoms in total. The number of hydrogen-bond donors (Lipinski definition) is 1. The summed E-state index contributed by atoms with van der Waals surface area (Å²) in [7, 11) is 0. The summed E-state index contributed by atoms with van der Waals surface area (Å²) in [6.45, 7) is 5.70. The fourth-order valence-corrected chi connectivity index (χ4v) is 4.43. The average molecular weight is 355 g/mol. The molecule has 0 saturated heterocycles. The summed E-state index contributed by atoms with van der Waals surface area (Å²) in [4.78, 5) is 2.53. The van der Waals surface area contributed by atoms with Gasteiger partial charge in [-0.05, 0) is 61.1 Å². The molecule has 1 N–H and O–H groups in total. The number of hydrogen-bond acceptors (Lipinski definition) is 3. The van der Waals surface area contributed by atoms with Gasteiger partial charge >= 0.3 is 0 Å². The second-order valence-electron chi connectivity index (χ2n) is 7.43. The Morgan fingerprint density at radius 2 is 2.12 bits per heavy atom. The van der Waals surface area contributed by atoms with Crippen molar-refractivity contribution in [3.05, 3.63) is 47.0 Å². The lowest BCUT2D eigenvalue weighted by Crippen LogP contribution is -2.38. The minimum Gasteiger partial charge on any atom is -0.504 e. The van der Waals surface area contributed by atoms with Gasteiger partial charge in [-0.1, -0.05) is 31.2 Å². The summed E-state index contributed by atoms with van der Waals surface area (Å²) >= 11 is 0. The van der Waals surface area contributed by atoms with Crippen molar-refractivity contribution >= 4 is 0 Å². The molecule has 0 radical (unpaired) electrons. The quantitative estimate of drug-likeness (QED) is 0.847. The number of phenols is 1. The van der Waals surface area contributed by atoms with Crippen LogP contribution in [0.25, 0.3) is 11.1 Å². The van der Waals surface area contributed by atoms with Crippen LogP contribution in [-0.4, -0.2) is 35.9 Å². The normalized spacial score (nSPS) is 19.6. The number of alkyl halides is 1. The molecule has 2 aromatic carbocycles. The Kier molecular flexibility index (Phi) is 4.62. The molecule has 138 valence electrons. The van der Waals surface area contributed by atoms with Crippen LogP contribution in [0.2, 0.25) is 0 Å². The first-order valence-corrected chi connectivity index (χ1v) is 9.58. The average Bonchev–Trinajstić information content (AvgIpc) is 2.64. The Hall–Kier alpha value is -2.07.